The van der Waals surface area contributed by atoms with Crippen LogP contribution in [0.25, 0.3) is 11.1 Å². The van der Waals surface area contributed by atoms with Gasteiger partial charge in [-0.25, -0.2) is 0 Å². The molecule has 2 heteroatoms. The molecule has 0 heterocycles. The van der Waals surface area contributed by atoms with Crippen LogP contribution in [0, 0.1) is 0 Å². The standard InChI is InChI=1S/C15H14O2/c1-2-15(17)13-9-8-12(16)10-14(13)11-6-4-3-5-7-11/h3-10,16H,2H2,1H3. The quantitative estimate of drug-likeness (QED) is 0.811. The largest absolute Gasteiger partial charge is 0.508 e. The van der Waals surface area contributed by atoms with Crippen molar-refractivity contribution >= 4 is 5.78 Å². The molecule has 0 saturated heterocycles. The first kappa shape index (κ1) is 11.4. The molecule has 0 saturated carbocycles. The van der Waals surface area contributed by atoms with Gasteiger partial charge in [0.05, 0.1) is 0 Å². The monoisotopic (exact) mass is 226 g/mol. The molecule has 86 valence electrons. The fraction of sp³-hybridized carbons (Fsp3) is 0.133. The maximum absolute atomic E-state index is 11.8. The highest BCUT2D eigenvalue weighted by Crippen LogP contribution is 2.28. The summed E-state index contributed by atoms with van der Waals surface area (Å²) in [5.41, 5.74) is 2.40. The Hall–Kier alpha value is -2.09. The lowest BCUT2D eigenvalue weighted by Gasteiger charge is -2.08. The van der Waals surface area contributed by atoms with Crippen molar-refractivity contribution in [2.45, 2.75) is 13.3 Å². The van der Waals surface area contributed by atoms with Gasteiger partial charge in [0.1, 0.15) is 5.75 Å². The van der Waals surface area contributed by atoms with Crippen molar-refractivity contribution in [3.8, 4) is 16.9 Å². The molecule has 0 bridgehead atoms. The predicted octanol–water partition coefficient (Wildman–Crippen LogP) is 3.65. The Morgan fingerprint density at radius 2 is 1.82 bits per heavy atom. The van der Waals surface area contributed by atoms with Crippen molar-refractivity contribution in [2.24, 2.45) is 0 Å². The first-order valence-corrected chi connectivity index (χ1v) is 5.64. The minimum Gasteiger partial charge on any atom is -0.508 e. The second-order valence-corrected chi connectivity index (χ2v) is 3.87. The van der Waals surface area contributed by atoms with E-state index < -0.39 is 0 Å². The zero-order valence-electron chi connectivity index (χ0n) is 9.68. The van der Waals surface area contributed by atoms with Gasteiger partial charge in [-0.05, 0) is 29.3 Å². The lowest BCUT2D eigenvalue weighted by atomic mass is 9.96. The number of benzene rings is 2. The van der Waals surface area contributed by atoms with E-state index >= 15 is 0 Å². The summed E-state index contributed by atoms with van der Waals surface area (Å²) in [4.78, 5) is 11.8. The van der Waals surface area contributed by atoms with Gasteiger partial charge in [-0.15, -0.1) is 0 Å². The van der Waals surface area contributed by atoms with E-state index in [2.05, 4.69) is 0 Å². The molecule has 0 amide bonds. The van der Waals surface area contributed by atoms with Crippen LogP contribution in [0.15, 0.2) is 48.5 Å². The number of ketones is 1. The molecule has 2 aromatic carbocycles. The summed E-state index contributed by atoms with van der Waals surface area (Å²) in [6.07, 6.45) is 0.463. The first-order chi connectivity index (χ1) is 8.22. The van der Waals surface area contributed by atoms with Crippen LogP contribution in [0.5, 0.6) is 5.75 Å². The van der Waals surface area contributed by atoms with Crippen molar-refractivity contribution in [3.63, 3.8) is 0 Å². The third kappa shape index (κ3) is 2.36. The summed E-state index contributed by atoms with van der Waals surface area (Å²) in [5, 5.41) is 9.54. The lowest BCUT2D eigenvalue weighted by Crippen LogP contribution is -1.99. The summed E-state index contributed by atoms with van der Waals surface area (Å²) in [5.74, 6) is 0.264. The summed E-state index contributed by atoms with van der Waals surface area (Å²) in [6.45, 7) is 1.84. The van der Waals surface area contributed by atoms with Crippen LogP contribution >= 0.6 is 0 Å². The zero-order chi connectivity index (χ0) is 12.3. The molecule has 0 unspecified atom stereocenters. The minimum absolute atomic E-state index is 0.0869. The van der Waals surface area contributed by atoms with Crippen molar-refractivity contribution < 1.29 is 9.90 Å². The highest BCUT2D eigenvalue weighted by atomic mass is 16.3. The third-order valence-electron chi connectivity index (χ3n) is 2.71. The average Bonchev–Trinajstić information content (AvgIpc) is 2.39. The van der Waals surface area contributed by atoms with Crippen LogP contribution in [0.3, 0.4) is 0 Å². The van der Waals surface area contributed by atoms with Crippen molar-refractivity contribution in [2.75, 3.05) is 0 Å². The number of phenolic OH excluding ortho intramolecular Hbond substituents is 1. The zero-order valence-corrected chi connectivity index (χ0v) is 9.68. The Labute approximate surface area is 101 Å². The molecule has 2 nitrogen and oxygen atoms in total. The number of hydrogen-bond donors (Lipinski definition) is 1. The lowest BCUT2D eigenvalue weighted by molar-refractivity contribution is 0.0989. The second-order valence-electron chi connectivity index (χ2n) is 3.87. The van der Waals surface area contributed by atoms with Crippen molar-refractivity contribution in [1.82, 2.24) is 0 Å². The second kappa shape index (κ2) is 4.83. The maximum atomic E-state index is 11.8. The third-order valence-corrected chi connectivity index (χ3v) is 2.71. The van der Waals surface area contributed by atoms with Gasteiger partial charge < -0.3 is 5.11 Å². The Bertz CT molecular complexity index is 530. The van der Waals surface area contributed by atoms with E-state index in [9.17, 15) is 9.90 Å². The van der Waals surface area contributed by atoms with Crippen LogP contribution in [-0.4, -0.2) is 10.9 Å². The van der Waals surface area contributed by atoms with Crippen LogP contribution < -0.4 is 0 Å². The number of aromatic hydroxyl groups is 1. The number of carbonyl (C=O) groups is 1. The van der Waals surface area contributed by atoms with E-state index in [-0.39, 0.29) is 11.5 Å². The maximum Gasteiger partial charge on any atom is 0.163 e. The number of phenols is 1. The smallest absolute Gasteiger partial charge is 0.163 e. The molecular weight excluding hydrogens is 212 g/mol. The first-order valence-electron chi connectivity index (χ1n) is 5.64. The predicted molar refractivity (Wildman–Crippen MR) is 68.2 cm³/mol. The van der Waals surface area contributed by atoms with Crippen molar-refractivity contribution in [3.05, 3.63) is 54.1 Å². The van der Waals surface area contributed by atoms with E-state index in [4.69, 9.17) is 0 Å². The molecule has 0 spiro atoms. The van der Waals surface area contributed by atoms with Crippen LogP contribution in [0.2, 0.25) is 0 Å². The van der Waals surface area contributed by atoms with Gasteiger partial charge in [-0.2, -0.15) is 0 Å². The van der Waals surface area contributed by atoms with Gasteiger partial charge in [0.25, 0.3) is 0 Å². The molecule has 1 N–H and O–H groups in total. The van der Waals surface area contributed by atoms with E-state index in [0.29, 0.717) is 12.0 Å². The number of hydrogen-bond acceptors (Lipinski definition) is 2. The van der Waals surface area contributed by atoms with E-state index in [0.717, 1.165) is 11.1 Å². The van der Waals surface area contributed by atoms with Gasteiger partial charge in [0.15, 0.2) is 5.78 Å². The SMILES string of the molecule is CCC(=O)c1ccc(O)cc1-c1ccccc1. The molecular formula is C15H14O2. The molecule has 2 rings (SSSR count). The fourth-order valence-electron chi connectivity index (χ4n) is 1.82. The van der Waals surface area contributed by atoms with Gasteiger partial charge in [-0.1, -0.05) is 37.3 Å². The van der Waals surface area contributed by atoms with E-state index in [1.54, 1.807) is 18.2 Å². The van der Waals surface area contributed by atoms with Crippen LogP contribution in [0.1, 0.15) is 23.7 Å². The number of Topliss-reactive ketones (excluding diaryl/α,β-unsaturated/α-hetero) is 1. The topological polar surface area (TPSA) is 37.3 Å². The summed E-state index contributed by atoms with van der Waals surface area (Å²) >= 11 is 0. The highest BCUT2D eigenvalue weighted by molar-refractivity contribution is 6.02. The number of rotatable bonds is 3. The molecule has 0 aliphatic rings. The van der Waals surface area contributed by atoms with E-state index in [1.807, 2.05) is 37.3 Å². The van der Waals surface area contributed by atoms with Gasteiger partial charge in [-0.3, -0.25) is 4.79 Å². The molecule has 2 aromatic rings. The molecule has 0 aromatic heterocycles. The van der Waals surface area contributed by atoms with Gasteiger partial charge in [0, 0.05) is 12.0 Å². The molecule has 0 atom stereocenters. The summed E-state index contributed by atoms with van der Waals surface area (Å²) < 4.78 is 0. The van der Waals surface area contributed by atoms with Gasteiger partial charge >= 0.3 is 0 Å². The Kier molecular flexibility index (Phi) is 3.24. The average molecular weight is 226 g/mol. The Balaban J connectivity index is 2.59. The molecule has 17 heavy (non-hydrogen) atoms. The Morgan fingerprint density at radius 1 is 1.12 bits per heavy atom. The van der Waals surface area contributed by atoms with Crippen molar-refractivity contribution in [1.29, 1.82) is 0 Å². The van der Waals surface area contributed by atoms with Crippen LogP contribution in [0.4, 0.5) is 0 Å². The molecule has 0 fully saturated rings. The number of carbonyl (C=O) groups excluding carboxylic acids is 1. The molecule has 0 radical (unpaired) electrons. The molecule has 0 aliphatic carbocycles. The van der Waals surface area contributed by atoms with E-state index in [1.165, 1.54) is 0 Å². The van der Waals surface area contributed by atoms with Gasteiger partial charge in [0.2, 0.25) is 0 Å². The van der Waals surface area contributed by atoms with Crippen LogP contribution in [-0.2, 0) is 0 Å². The summed E-state index contributed by atoms with van der Waals surface area (Å²) in [6, 6.07) is 14.5. The molecule has 0 aliphatic heterocycles. The minimum atomic E-state index is 0.0869. The Morgan fingerprint density at radius 3 is 2.47 bits per heavy atom. The normalized spacial score (nSPS) is 10.2. The fourth-order valence-corrected chi connectivity index (χ4v) is 1.82. The summed E-state index contributed by atoms with van der Waals surface area (Å²) in [7, 11) is 0. The highest BCUT2D eigenvalue weighted by Gasteiger charge is 2.11.